The van der Waals surface area contributed by atoms with E-state index in [0.29, 0.717) is 12.1 Å². The molecule has 0 spiro atoms. The van der Waals surface area contributed by atoms with Crippen LogP contribution in [0.5, 0.6) is 0 Å². The Morgan fingerprint density at radius 1 is 1.20 bits per heavy atom. The molecule has 0 atom stereocenters. The van der Waals surface area contributed by atoms with E-state index in [9.17, 15) is 8.78 Å². The Kier molecular flexibility index (Phi) is 5.95. The highest BCUT2D eigenvalue weighted by molar-refractivity contribution is 5.85. The van der Waals surface area contributed by atoms with Crippen LogP contribution in [0.25, 0.3) is 0 Å². The molecule has 1 heterocycles. The molecule has 0 amide bonds. The largest absolute Gasteiger partial charge is 0.378 e. The van der Waals surface area contributed by atoms with E-state index in [1.807, 2.05) is 17.8 Å². The lowest BCUT2D eigenvalue weighted by atomic mass is 10.2. The third-order valence-electron chi connectivity index (χ3n) is 2.80. The number of benzene rings is 1. The Morgan fingerprint density at radius 3 is 2.45 bits per heavy atom. The number of halogens is 3. The smallest absolute Gasteiger partial charge is 0.126 e. The number of nitrogens with one attached hydrogen (secondary N) is 1. The maximum Gasteiger partial charge on any atom is 0.126 e. The molecule has 0 fully saturated rings. The van der Waals surface area contributed by atoms with Gasteiger partial charge in [0.2, 0.25) is 0 Å². The van der Waals surface area contributed by atoms with Crippen LogP contribution in [0.1, 0.15) is 24.6 Å². The summed E-state index contributed by atoms with van der Waals surface area (Å²) in [5.41, 5.74) is 2.34. The fraction of sp³-hybridized carbons (Fsp3) is 0.357. The van der Waals surface area contributed by atoms with Crippen molar-refractivity contribution in [3.8, 4) is 0 Å². The molecule has 2 aromatic rings. The molecule has 0 bridgehead atoms. The van der Waals surface area contributed by atoms with Crippen LogP contribution in [0.4, 0.5) is 14.5 Å². The van der Waals surface area contributed by atoms with Gasteiger partial charge in [-0.2, -0.15) is 5.10 Å². The number of aryl methyl sites for hydroxylation is 2. The van der Waals surface area contributed by atoms with E-state index in [1.54, 1.807) is 0 Å². The highest BCUT2D eigenvalue weighted by Gasteiger charge is 2.05. The minimum atomic E-state index is -0.560. The van der Waals surface area contributed by atoms with E-state index < -0.39 is 11.6 Å². The minimum Gasteiger partial charge on any atom is -0.378 e. The first kappa shape index (κ1) is 16.4. The van der Waals surface area contributed by atoms with E-state index in [2.05, 4.69) is 17.3 Å². The van der Waals surface area contributed by atoms with E-state index in [4.69, 9.17) is 0 Å². The summed E-state index contributed by atoms with van der Waals surface area (Å²) in [5.74, 6) is -1.12. The number of nitrogens with zero attached hydrogens (tertiary/aromatic N) is 2. The molecular weight excluding hydrogens is 284 g/mol. The summed E-state index contributed by atoms with van der Waals surface area (Å²) in [6.07, 6.45) is 2.92. The summed E-state index contributed by atoms with van der Waals surface area (Å²) in [6, 6.07) is 3.51. The van der Waals surface area contributed by atoms with Gasteiger partial charge in [0.25, 0.3) is 0 Å². The van der Waals surface area contributed by atoms with Gasteiger partial charge in [0.05, 0.1) is 11.4 Å². The standard InChI is InChI=1S/C14H17F2N3.ClH/c1-3-4-19-9-14(10(2)18-19)17-8-11-5-12(15)7-13(16)6-11;/h5-7,9,17H,3-4,8H2,1-2H3;1H. The van der Waals surface area contributed by atoms with Crippen molar-refractivity contribution in [3.05, 3.63) is 47.3 Å². The maximum absolute atomic E-state index is 13.1. The van der Waals surface area contributed by atoms with Gasteiger partial charge in [0, 0.05) is 25.4 Å². The van der Waals surface area contributed by atoms with Crippen LogP contribution in [0, 0.1) is 18.6 Å². The topological polar surface area (TPSA) is 29.9 Å². The van der Waals surface area contributed by atoms with Gasteiger partial charge in [0.15, 0.2) is 0 Å². The van der Waals surface area contributed by atoms with Crippen LogP contribution < -0.4 is 5.32 Å². The quantitative estimate of drug-likeness (QED) is 0.907. The molecule has 0 aliphatic carbocycles. The molecule has 20 heavy (non-hydrogen) atoms. The molecule has 0 aliphatic rings. The lowest BCUT2D eigenvalue weighted by Gasteiger charge is -2.05. The van der Waals surface area contributed by atoms with Gasteiger partial charge >= 0.3 is 0 Å². The Bertz CT molecular complexity index is 549. The van der Waals surface area contributed by atoms with Gasteiger partial charge in [-0.25, -0.2) is 8.78 Å². The van der Waals surface area contributed by atoms with Crippen LogP contribution in [-0.2, 0) is 13.1 Å². The van der Waals surface area contributed by atoms with Gasteiger partial charge in [-0.1, -0.05) is 6.92 Å². The first-order valence-corrected chi connectivity index (χ1v) is 6.31. The minimum absolute atomic E-state index is 0. The Balaban J connectivity index is 0.00000200. The Morgan fingerprint density at radius 2 is 1.85 bits per heavy atom. The van der Waals surface area contributed by atoms with Crippen molar-refractivity contribution in [1.29, 1.82) is 0 Å². The molecule has 0 radical (unpaired) electrons. The summed E-state index contributed by atoms with van der Waals surface area (Å²) >= 11 is 0. The molecule has 110 valence electrons. The molecule has 0 saturated heterocycles. The van der Waals surface area contributed by atoms with Crippen molar-refractivity contribution in [2.24, 2.45) is 0 Å². The van der Waals surface area contributed by atoms with Gasteiger partial charge in [-0.15, -0.1) is 12.4 Å². The molecule has 2 rings (SSSR count). The van der Waals surface area contributed by atoms with E-state index >= 15 is 0 Å². The normalized spacial score (nSPS) is 10.2. The summed E-state index contributed by atoms with van der Waals surface area (Å²) in [7, 11) is 0. The van der Waals surface area contributed by atoms with Crippen molar-refractivity contribution in [3.63, 3.8) is 0 Å². The lowest BCUT2D eigenvalue weighted by molar-refractivity contribution is 0.580. The van der Waals surface area contributed by atoms with E-state index in [0.717, 1.165) is 30.4 Å². The first-order valence-electron chi connectivity index (χ1n) is 6.31. The average molecular weight is 302 g/mol. The van der Waals surface area contributed by atoms with Crippen LogP contribution >= 0.6 is 12.4 Å². The summed E-state index contributed by atoms with van der Waals surface area (Å²) in [5, 5.41) is 7.50. The van der Waals surface area contributed by atoms with Gasteiger partial charge in [-0.3, -0.25) is 4.68 Å². The Labute approximate surface area is 123 Å². The SMILES string of the molecule is CCCn1cc(NCc2cc(F)cc(F)c2)c(C)n1.Cl. The van der Waals surface area contributed by atoms with E-state index in [-0.39, 0.29) is 12.4 Å². The molecule has 0 aliphatic heterocycles. The monoisotopic (exact) mass is 301 g/mol. The van der Waals surface area contributed by atoms with Crippen molar-refractivity contribution in [2.45, 2.75) is 33.4 Å². The second kappa shape index (κ2) is 7.24. The molecular formula is C14H18ClF2N3. The zero-order chi connectivity index (χ0) is 13.8. The van der Waals surface area contributed by atoms with Crippen molar-refractivity contribution in [2.75, 3.05) is 5.32 Å². The van der Waals surface area contributed by atoms with Crippen molar-refractivity contribution >= 4 is 18.1 Å². The fourth-order valence-corrected chi connectivity index (χ4v) is 1.95. The second-order valence-corrected chi connectivity index (χ2v) is 4.52. The van der Waals surface area contributed by atoms with Gasteiger partial charge in [-0.05, 0) is 31.0 Å². The third kappa shape index (κ3) is 4.20. The third-order valence-corrected chi connectivity index (χ3v) is 2.80. The predicted molar refractivity (Wildman–Crippen MR) is 78.2 cm³/mol. The van der Waals surface area contributed by atoms with Crippen LogP contribution in [0.3, 0.4) is 0 Å². The number of hydrogen-bond acceptors (Lipinski definition) is 2. The maximum atomic E-state index is 13.1. The molecule has 0 unspecified atom stereocenters. The first-order chi connectivity index (χ1) is 9.08. The van der Waals surface area contributed by atoms with Gasteiger partial charge < -0.3 is 5.32 Å². The highest BCUT2D eigenvalue weighted by atomic mass is 35.5. The zero-order valence-electron chi connectivity index (χ0n) is 11.5. The summed E-state index contributed by atoms with van der Waals surface area (Å²) < 4.78 is 28.0. The number of hydrogen-bond donors (Lipinski definition) is 1. The second-order valence-electron chi connectivity index (χ2n) is 4.52. The average Bonchev–Trinajstić information content (AvgIpc) is 2.66. The van der Waals surface area contributed by atoms with E-state index in [1.165, 1.54) is 12.1 Å². The van der Waals surface area contributed by atoms with Crippen molar-refractivity contribution in [1.82, 2.24) is 9.78 Å². The number of anilines is 1. The number of rotatable bonds is 5. The van der Waals surface area contributed by atoms with Crippen LogP contribution in [0.15, 0.2) is 24.4 Å². The highest BCUT2D eigenvalue weighted by Crippen LogP contribution is 2.15. The lowest BCUT2D eigenvalue weighted by Crippen LogP contribution is -2.01. The molecule has 0 saturated carbocycles. The van der Waals surface area contributed by atoms with Crippen LogP contribution in [0.2, 0.25) is 0 Å². The van der Waals surface area contributed by atoms with Crippen molar-refractivity contribution < 1.29 is 8.78 Å². The molecule has 1 aromatic carbocycles. The molecule has 3 nitrogen and oxygen atoms in total. The van der Waals surface area contributed by atoms with Gasteiger partial charge in [0.1, 0.15) is 11.6 Å². The molecule has 1 N–H and O–H groups in total. The molecule has 1 aromatic heterocycles. The zero-order valence-corrected chi connectivity index (χ0v) is 12.3. The predicted octanol–water partition coefficient (Wildman–Crippen LogP) is 3.91. The molecule has 6 heteroatoms. The van der Waals surface area contributed by atoms with Crippen LogP contribution in [-0.4, -0.2) is 9.78 Å². The summed E-state index contributed by atoms with van der Waals surface area (Å²) in [6.45, 7) is 5.21. The summed E-state index contributed by atoms with van der Waals surface area (Å²) in [4.78, 5) is 0. The Hall–Kier alpha value is -1.62. The number of aromatic nitrogens is 2. The fourth-order valence-electron chi connectivity index (χ4n) is 1.95.